The zero-order valence-electron chi connectivity index (χ0n) is 24.8. The molecule has 12 nitrogen and oxygen atoms in total. The second-order valence-electron chi connectivity index (χ2n) is 11.1. The molecule has 5 rings (SSSR count). The van der Waals surface area contributed by atoms with E-state index >= 15 is 0 Å². The summed E-state index contributed by atoms with van der Waals surface area (Å²) in [6.07, 6.45) is 0.589. The first-order valence-electron chi connectivity index (χ1n) is 14.5. The molecule has 0 spiro atoms. The SMILES string of the molecule is COCC1=C(C(=O)OC)[C@H](c2ccc(F)c(F)c2)N(C(=O)NC2CN(C3CCN(c4ccccc4C#N)CC3)CC2O)C(=O)N1. The van der Waals surface area contributed by atoms with E-state index in [-0.39, 0.29) is 36.0 Å². The Balaban J connectivity index is 1.33. The first-order valence-corrected chi connectivity index (χ1v) is 14.5. The molecule has 0 bridgehead atoms. The molecule has 3 aliphatic rings. The normalized spacial score (nSPS) is 22.7. The van der Waals surface area contributed by atoms with Gasteiger partial charge in [-0.1, -0.05) is 18.2 Å². The number of aliphatic hydroxyl groups excluding tert-OH is 1. The molecular weight excluding hydrogens is 590 g/mol. The lowest BCUT2D eigenvalue weighted by Crippen LogP contribution is -2.58. The maximum Gasteiger partial charge on any atom is 0.338 e. The molecule has 3 N–H and O–H groups in total. The summed E-state index contributed by atoms with van der Waals surface area (Å²) in [5.41, 5.74) is 1.25. The standard InChI is InChI=1S/C31H34F2N6O6/c1-44-17-24-27(29(41)45-2)28(18-7-8-21(32)22(33)13-18)39(31(43)36-24)30(42)35-23-15-38(16-26(23)40)20-9-11-37(12-10-20)25-6-4-3-5-19(25)14-34/h3-8,13,20,23,26,28,40H,9-12,15-17H2,1-2H3,(H,35,42)(H,36,43)/t23?,26?,28-/m0/s1. The van der Waals surface area contributed by atoms with Crippen molar-refractivity contribution in [2.24, 2.45) is 0 Å². The van der Waals surface area contributed by atoms with Crippen LogP contribution in [0.15, 0.2) is 53.7 Å². The number of imide groups is 1. The number of urea groups is 2. The van der Waals surface area contributed by atoms with Crippen LogP contribution < -0.4 is 15.5 Å². The van der Waals surface area contributed by atoms with E-state index in [0.29, 0.717) is 30.1 Å². The van der Waals surface area contributed by atoms with Crippen LogP contribution in [-0.4, -0.2) is 98.1 Å². The molecule has 0 radical (unpaired) electrons. The number of halogens is 2. The molecule has 4 amide bonds. The van der Waals surface area contributed by atoms with E-state index in [4.69, 9.17) is 9.47 Å². The molecule has 0 saturated carbocycles. The monoisotopic (exact) mass is 624 g/mol. The molecule has 2 aromatic rings. The second-order valence-corrected chi connectivity index (χ2v) is 11.1. The third kappa shape index (κ3) is 6.46. The van der Waals surface area contributed by atoms with E-state index in [1.165, 1.54) is 13.2 Å². The van der Waals surface area contributed by atoms with E-state index in [1.54, 1.807) is 6.07 Å². The number of esters is 1. The number of hydrogen-bond donors (Lipinski definition) is 3. The third-order valence-corrected chi connectivity index (χ3v) is 8.48. The van der Waals surface area contributed by atoms with E-state index in [0.717, 1.165) is 37.8 Å². The number of benzene rings is 2. The number of carbonyl (C=O) groups excluding carboxylic acids is 3. The maximum atomic E-state index is 14.4. The van der Waals surface area contributed by atoms with Gasteiger partial charge in [0, 0.05) is 39.3 Å². The van der Waals surface area contributed by atoms with Crippen molar-refractivity contribution in [3.8, 4) is 6.07 Å². The quantitative estimate of drug-likeness (QED) is 0.395. The second kappa shape index (κ2) is 13.6. The van der Waals surface area contributed by atoms with Gasteiger partial charge in [-0.05, 0) is 42.7 Å². The van der Waals surface area contributed by atoms with Gasteiger partial charge >= 0.3 is 18.0 Å². The smallest absolute Gasteiger partial charge is 0.338 e. The van der Waals surface area contributed by atoms with E-state index < -0.39 is 47.9 Å². The Morgan fingerprint density at radius 2 is 1.84 bits per heavy atom. The number of carbonyl (C=O) groups is 3. The van der Waals surface area contributed by atoms with E-state index in [2.05, 4.69) is 26.5 Å². The van der Waals surface area contributed by atoms with Crippen LogP contribution in [0.5, 0.6) is 0 Å². The highest BCUT2D eigenvalue weighted by Gasteiger charge is 2.45. The number of nitrogens with one attached hydrogen (secondary N) is 2. The van der Waals surface area contributed by atoms with Crippen molar-refractivity contribution in [3.63, 3.8) is 0 Å². The molecule has 238 valence electrons. The largest absolute Gasteiger partial charge is 0.466 e. The number of nitrogens with zero attached hydrogens (tertiary/aromatic N) is 4. The third-order valence-electron chi connectivity index (χ3n) is 8.48. The Labute approximate surface area is 258 Å². The van der Waals surface area contributed by atoms with E-state index in [1.807, 2.05) is 18.2 Å². The summed E-state index contributed by atoms with van der Waals surface area (Å²) in [4.78, 5) is 44.9. The molecule has 3 heterocycles. The van der Waals surface area contributed by atoms with Crippen LogP contribution in [0.4, 0.5) is 24.1 Å². The van der Waals surface area contributed by atoms with Gasteiger partial charge in [-0.25, -0.2) is 28.1 Å². The highest BCUT2D eigenvalue weighted by Crippen LogP contribution is 2.36. The Morgan fingerprint density at radius 1 is 1.11 bits per heavy atom. The van der Waals surface area contributed by atoms with Crippen molar-refractivity contribution in [3.05, 3.63) is 76.5 Å². The molecule has 0 aliphatic carbocycles. The molecule has 0 aromatic heterocycles. The summed E-state index contributed by atoms with van der Waals surface area (Å²) in [7, 11) is 2.45. The van der Waals surface area contributed by atoms with Gasteiger partial charge < -0.3 is 30.1 Å². The van der Waals surface area contributed by atoms with Crippen molar-refractivity contribution >= 4 is 23.7 Å². The first kappa shape index (κ1) is 31.8. The molecule has 2 aromatic carbocycles. The number of rotatable bonds is 7. The molecular formula is C31H34F2N6O6. The number of amides is 4. The predicted octanol–water partition coefficient (Wildman–Crippen LogP) is 2.40. The molecule has 2 saturated heterocycles. The van der Waals surface area contributed by atoms with Gasteiger partial charge in [-0.15, -0.1) is 0 Å². The van der Waals surface area contributed by atoms with Crippen molar-refractivity contribution in [2.45, 2.75) is 37.1 Å². The zero-order valence-corrected chi connectivity index (χ0v) is 24.8. The Hall–Kier alpha value is -4.58. The van der Waals surface area contributed by atoms with Crippen LogP contribution in [0, 0.1) is 23.0 Å². The Morgan fingerprint density at radius 3 is 2.51 bits per heavy atom. The average Bonchev–Trinajstić information content (AvgIpc) is 3.41. The number of anilines is 1. The van der Waals surface area contributed by atoms with Gasteiger partial charge in [0.1, 0.15) is 12.1 Å². The summed E-state index contributed by atoms with van der Waals surface area (Å²) in [6.45, 7) is 1.77. The van der Waals surface area contributed by atoms with Gasteiger partial charge in [0.15, 0.2) is 11.6 Å². The number of para-hydroxylation sites is 1. The van der Waals surface area contributed by atoms with Crippen LogP contribution in [-0.2, 0) is 14.3 Å². The first-order chi connectivity index (χ1) is 21.7. The van der Waals surface area contributed by atoms with Gasteiger partial charge in [0.2, 0.25) is 0 Å². The van der Waals surface area contributed by atoms with Gasteiger partial charge in [0.05, 0.1) is 48.4 Å². The number of nitriles is 1. The molecule has 3 aliphatic heterocycles. The summed E-state index contributed by atoms with van der Waals surface area (Å²) in [5, 5.41) is 25.6. The topological polar surface area (TPSA) is 147 Å². The van der Waals surface area contributed by atoms with Crippen molar-refractivity contribution in [1.29, 1.82) is 5.26 Å². The van der Waals surface area contributed by atoms with Gasteiger partial charge in [-0.3, -0.25) is 4.90 Å². The van der Waals surface area contributed by atoms with Crippen molar-refractivity contribution in [2.75, 3.05) is 51.9 Å². The Bertz CT molecular complexity index is 1540. The lowest BCUT2D eigenvalue weighted by molar-refractivity contribution is -0.137. The summed E-state index contributed by atoms with van der Waals surface area (Å²) >= 11 is 0. The predicted molar refractivity (Wildman–Crippen MR) is 157 cm³/mol. The molecule has 2 fully saturated rings. The average molecular weight is 625 g/mol. The van der Waals surface area contributed by atoms with Crippen LogP contribution in [0.1, 0.15) is 30.0 Å². The number of aliphatic hydroxyl groups is 1. The minimum Gasteiger partial charge on any atom is -0.466 e. The lowest BCUT2D eigenvalue weighted by Gasteiger charge is -2.38. The fourth-order valence-corrected chi connectivity index (χ4v) is 6.28. The van der Waals surface area contributed by atoms with Crippen molar-refractivity contribution < 1.29 is 37.7 Å². The fraction of sp³-hybridized carbons (Fsp3) is 0.419. The lowest BCUT2D eigenvalue weighted by atomic mass is 9.93. The van der Waals surface area contributed by atoms with Crippen LogP contribution >= 0.6 is 0 Å². The molecule has 45 heavy (non-hydrogen) atoms. The van der Waals surface area contributed by atoms with Crippen LogP contribution in [0.2, 0.25) is 0 Å². The molecule has 3 atom stereocenters. The number of hydrogen-bond acceptors (Lipinski definition) is 9. The summed E-state index contributed by atoms with van der Waals surface area (Å²) in [6, 6.07) is 8.46. The zero-order chi connectivity index (χ0) is 32.2. The number of piperidine rings is 1. The number of methoxy groups -OCH3 is 2. The van der Waals surface area contributed by atoms with E-state index in [9.17, 15) is 33.5 Å². The maximum absolute atomic E-state index is 14.4. The summed E-state index contributed by atoms with van der Waals surface area (Å²) < 4.78 is 38.3. The number of likely N-dealkylation sites (tertiary alicyclic amines) is 1. The van der Waals surface area contributed by atoms with Gasteiger partial charge in [-0.2, -0.15) is 5.26 Å². The molecule has 2 unspecified atom stereocenters. The van der Waals surface area contributed by atoms with Crippen LogP contribution in [0.25, 0.3) is 0 Å². The Kier molecular flexibility index (Phi) is 9.62. The number of β-amino-alcohol motifs (C(OH)–C–C–N with tert-alkyl or cyclic N) is 1. The summed E-state index contributed by atoms with van der Waals surface area (Å²) in [5.74, 6) is -3.30. The molecule has 14 heteroatoms. The minimum absolute atomic E-state index is 0.00365. The highest BCUT2D eigenvalue weighted by molar-refractivity contribution is 6.01. The minimum atomic E-state index is -1.48. The number of ether oxygens (including phenoxy) is 2. The van der Waals surface area contributed by atoms with Crippen molar-refractivity contribution in [1.82, 2.24) is 20.4 Å². The van der Waals surface area contributed by atoms with Gasteiger partial charge in [0.25, 0.3) is 0 Å². The highest BCUT2D eigenvalue weighted by atomic mass is 19.2. The van der Waals surface area contributed by atoms with Crippen LogP contribution in [0.3, 0.4) is 0 Å². The fourth-order valence-electron chi connectivity index (χ4n) is 6.28.